The molecule has 134 valence electrons. The number of nitriles is 1. The highest BCUT2D eigenvalue weighted by Gasteiger charge is 2.38. The third-order valence-corrected chi connectivity index (χ3v) is 5.01. The van der Waals surface area contributed by atoms with Crippen molar-refractivity contribution in [2.45, 2.75) is 37.2 Å². The van der Waals surface area contributed by atoms with Gasteiger partial charge in [-0.3, -0.25) is 0 Å². The molecule has 0 aliphatic heterocycles. The highest BCUT2D eigenvalue weighted by molar-refractivity contribution is 7.98. The molecule has 0 bridgehead atoms. The van der Waals surface area contributed by atoms with Gasteiger partial charge in [0.05, 0.1) is 27.9 Å². The predicted molar refractivity (Wildman–Crippen MR) is 93.7 cm³/mol. The van der Waals surface area contributed by atoms with Crippen LogP contribution in [0, 0.1) is 18.3 Å². The van der Waals surface area contributed by atoms with Crippen LogP contribution in [-0.2, 0) is 18.3 Å². The maximum Gasteiger partial charge on any atom is 0.418 e. The second kappa shape index (κ2) is 7.00. The number of imidazole rings is 1. The van der Waals surface area contributed by atoms with Gasteiger partial charge >= 0.3 is 6.18 Å². The second-order valence-corrected chi connectivity index (χ2v) is 6.66. The largest absolute Gasteiger partial charge is 0.418 e. The number of alkyl halides is 3. The highest BCUT2D eigenvalue weighted by Crippen LogP contribution is 2.39. The fourth-order valence-corrected chi connectivity index (χ4v) is 3.70. The summed E-state index contributed by atoms with van der Waals surface area (Å²) in [5, 5.41) is 9.42. The zero-order valence-electron chi connectivity index (χ0n) is 14.1. The van der Waals surface area contributed by atoms with E-state index in [0.717, 1.165) is 22.8 Å². The summed E-state index contributed by atoms with van der Waals surface area (Å²) in [6.07, 6.45) is -4.24. The number of hydrogen-bond acceptors (Lipinski definition) is 4. The molecule has 2 aromatic heterocycles. The van der Waals surface area contributed by atoms with Crippen LogP contribution in [-0.4, -0.2) is 15.0 Å². The number of nitrogens with one attached hydrogen (secondary N) is 1. The van der Waals surface area contributed by atoms with E-state index in [0.29, 0.717) is 23.7 Å². The lowest BCUT2D eigenvalue weighted by atomic mass is 10.0. The molecular weight excluding hydrogens is 361 g/mol. The first-order chi connectivity index (χ1) is 12.3. The summed E-state index contributed by atoms with van der Waals surface area (Å²) >= 11 is 1.08. The monoisotopic (exact) mass is 376 g/mol. The minimum Gasteiger partial charge on any atom is -0.341 e. The van der Waals surface area contributed by atoms with E-state index in [4.69, 9.17) is 0 Å². The maximum absolute atomic E-state index is 13.5. The van der Waals surface area contributed by atoms with Crippen molar-refractivity contribution in [2.24, 2.45) is 0 Å². The first-order valence-electron chi connectivity index (χ1n) is 7.92. The maximum atomic E-state index is 13.5. The van der Waals surface area contributed by atoms with Gasteiger partial charge < -0.3 is 4.98 Å². The van der Waals surface area contributed by atoms with Gasteiger partial charge in [-0.25, -0.2) is 9.97 Å². The summed E-state index contributed by atoms with van der Waals surface area (Å²) < 4.78 is 40.5. The average molecular weight is 376 g/mol. The van der Waals surface area contributed by atoms with Crippen LogP contribution < -0.4 is 0 Å². The van der Waals surface area contributed by atoms with Gasteiger partial charge in [0.15, 0.2) is 0 Å². The molecule has 0 radical (unpaired) electrons. The van der Waals surface area contributed by atoms with Crippen LogP contribution >= 0.6 is 11.8 Å². The molecule has 3 rings (SSSR count). The van der Waals surface area contributed by atoms with Crippen LogP contribution in [0.25, 0.3) is 11.0 Å². The topological polar surface area (TPSA) is 65.4 Å². The second-order valence-electron chi connectivity index (χ2n) is 5.69. The minimum absolute atomic E-state index is 0.0182. The molecule has 0 amide bonds. The number of para-hydroxylation sites is 2. The zero-order valence-corrected chi connectivity index (χ0v) is 14.9. The summed E-state index contributed by atoms with van der Waals surface area (Å²) in [5.74, 6) is 0.911. The third kappa shape index (κ3) is 3.40. The molecule has 8 heteroatoms. The number of rotatable bonds is 4. The molecule has 0 atom stereocenters. The van der Waals surface area contributed by atoms with Crippen molar-refractivity contribution in [3.8, 4) is 6.07 Å². The Bertz CT molecular complexity index is 969. The molecule has 4 nitrogen and oxygen atoms in total. The first-order valence-corrected chi connectivity index (χ1v) is 8.90. The fourth-order valence-electron chi connectivity index (χ4n) is 2.82. The van der Waals surface area contributed by atoms with Gasteiger partial charge in [-0.2, -0.15) is 18.4 Å². The molecule has 26 heavy (non-hydrogen) atoms. The molecule has 0 saturated carbocycles. The number of thioether (sulfide) groups is 1. The number of fused-ring (bicyclic) bond motifs is 1. The van der Waals surface area contributed by atoms with E-state index >= 15 is 0 Å². The van der Waals surface area contributed by atoms with Gasteiger partial charge in [0.1, 0.15) is 16.9 Å². The first kappa shape index (κ1) is 18.3. The number of H-pyrrole nitrogens is 1. The standard InChI is InChI=1S/C18H15F3N4S/c1-3-12-10(2)16(18(19,20)21)11(8-22)17(25-12)26-9-15-23-13-6-4-5-7-14(13)24-15/h4-7H,3,9H2,1-2H3,(H,23,24). The molecule has 1 N–H and O–H groups in total. The van der Waals surface area contributed by atoms with Gasteiger partial charge in [-0.05, 0) is 31.0 Å². The number of nitrogens with zero attached hydrogens (tertiary/aromatic N) is 3. The molecule has 0 aliphatic rings. The zero-order chi connectivity index (χ0) is 18.9. The van der Waals surface area contributed by atoms with Crippen molar-refractivity contribution < 1.29 is 13.2 Å². The van der Waals surface area contributed by atoms with Crippen molar-refractivity contribution in [3.63, 3.8) is 0 Å². The lowest BCUT2D eigenvalue weighted by Crippen LogP contribution is -2.15. The van der Waals surface area contributed by atoms with E-state index in [1.165, 1.54) is 6.92 Å². The van der Waals surface area contributed by atoms with E-state index in [2.05, 4.69) is 15.0 Å². The Hall–Kier alpha value is -2.53. The van der Waals surface area contributed by atoms with Crippen LogP contribution in [0.2, 0.25) is 0 Å². The number of aryl methyl sites for hydroxylation is 1. The van der Waals surface area contributed by atoms with Crippen LogP contribution in [0.5, 0.6) is 0 Å². The third-order valence-electron chi connectivity index (χ3n) is 4.02. The molecule has 2 heterocycles. The van der Waals surface area contributed by atoms with Crippen molar-refractivity contribution in [1.29, 1.82) is 5.26 Å². The molecule has 0 unspecified atom stereocenters. The van der Waals surface area contributed by atoms with Crippen molar-refractivity contribution in [3.05, 3.63) is 52.5 Å². The Kier molecular flexibility index (Phi) is 4.92. The van der Waals surface area contributed by atoms with Gasteiger partial charge in [-0.15, -0.1) is 0 Å². The number of pyridine rings is 1. The highest BCUT2D eigenvalue weighted by atomic mass is 32.2. The van der Waals surface area contributed by atoms with Gasteiger partial charge in [0, 0.05) is 5.69 Å². The minimum atomic E-state index is -4.60. The van der Waals surface area contributed by atoms with Crippen LogP contribution in [0.15, 0.2) is 29.3 Å². The summed E-state index contributed by atoms with van der Waals surface area (Å²) in [6, 6.07) is 9.14. The number of aromatic nitrogens is 3. The summed E-state index contributed by atoms with van der Waals surface area (Å²) in [4.78, 5) is 11.8. The number of halogens is 3. The van der Waals surface area contributed by atoms with Crippen molar-refractivity contribution in [2.75, 3.05) is 0 Å². The lowest BCUT2D eigenvalue weighted by Gasteiger charge is -2.17. The Morgan fingerprint density at radius 1 is 1.23 bits per heavy atom. The molecule has 0 spiro atoms. The molecule has 0 aliphatic carbocycles. The van der Waals surface area contributed by atoms with Crippen molar-refractivity contribution in [1.82, 2.24) is 15.0 Å². The van der Waals surface area contributed by atoms with E-state index in [1.54, 1.807) is 13.0 Å². The van der Waals surface area contributed by atoms with Gasteiger partial charge in [0.25, 0.3) is 0 Å². The van der Waals surface area contributed by atoms with E-state index < -0.39 is 17.3 Å². The van der Waals surface area contributed by atoms with Gasteiger partial charge in [0.2, 0.25) is 0 Å². The molecule has 1 aromatic carbocycles. The van der Waals surface area contributed by atoms with Crippen LogP contribution in [0.3, 0.4) is 0 Å². The van der Waals surface area contributed by atoms with Crippen molar-refractivity contribution >= 4 is 22.8 Å². The summed E-state index contributed by atoms with van der Waals surface area (Å²) in [6.45, 7) is 3.11. The summed E-state index contributed by atoms with van der Waals surface area (Å²) in [5.41, 5.74) is 0.691. The number of benzene rings is 1. The normalized spacial score (nSPS) is 11.7. The van der Waals surface area contributed by atoms with E-state index in [9.17, 15) is 18.4 Å². The average Bonchev–Trinajstić information content (AvgIpc) is 3.01. The summed E-state index contributed by atoms with van der Waals surface area (Å²) in [7, 11) is 0. The quantitative estimate of drug-likeness (QED) is 0.650. The Morgan fingerprint density at radius 2 is 1.96 bits per heavy atom. The van der Waals surface area contributed by atoms with Crippen LogP contribution in [0.1, 0.15) is 35.1 Å². The SMILES string of the molecule is CCc1nc(SCc2nc3ccccc3[nH]2)c(C#N)c(C(F)(F)F)c1C. The molecule has 0 saturated heterocycles. The molecule has 0 fully saturated rings. The lowest BCUT2D eigenvalue weighted by molar-refractivity contribution is -0.138. The number of hydrogen-bond donors (Lipinski definition) is 1. The Morgan fingerprint density at radius 3 is 2.58 bits per heavy atom. The predicted octanol–water partition coefficient (Wildman–Crippen LogP) is 5.01. The number of aromatic amines is 1. The fraction of sp³-hybridized carbons (Fsp3) is 0.278. The van der Waals surface area contributed by atoms with E-state index in [1.807, 2.05) is 24.3 Å². The molecular formula is C18H15F3N4S. The Balaban J connectivity index is 2.00. The van der Waals surface area contributed by atoms with E-state index in [-0.39, 0.29) is 10.6 Å². The van der Waals surface area contributed by atoms with Crippen LogP contribution in [0.4, 0.5) is 13.2 Å². The van der Waals surface area contributed by atoms with Gasteiger partial charge in [-0.1, -0.05) is 30.8 Å². The smallest absolute Gasteiger partial charge is 0.341 e. The molecule has 3 aromatic rings. The Labute approximate surface area is 152 Å².